The second-order valence-electron chi connectivity index (χ2n) is 40.0. The van der Waals surface area contributed by atoms with Crippen molar-refractivity contribution in [2.75, 3.05) is 26.4 Å². The molecule has 0 aromatic heterocycles. The molecule has 8 aromatic carbocycles. The van der Waals surface area contributed by atoms with Crippen LogP contribution in [0.2, 0.25) is 0 Å². The van der Waals surface area contributed by atoms with E-state index >= 15 is 0 Å². The molecule has 4 saturated carbocycles. The van der Waals surface area contributed by atoms with Crippen molar-refractivity contribution in [2.24, 2.45) is 59.2 Å². The van der Waals surface area contributed by atoms with Gasteiger partial charge in [0.25, 0.3) is 0 Å². The van der Waals surface area contributed by atoms with Crippen LogP contribution in [0.1, 0.15) is 350 Å². The first-order valence-electron chi connectivity index (χ1n) is 53.4. The van der Waals surface area contributed by atoms with Crippen molar-refractivity contribution in [1.29, 1.82) is 0 Å². The Morgan fingerprint density at radius 3 is 0.696 bits per heavy atom. The first-order valence-corrected chi connectivity index (χ1v) is 53.4. The fourth-order valence-electron chi connectivity index (χ4n) is 17.9. The standard InChI is InChI=1S/C25H42O3.C25H42O2.C21H34O2.C19H30O2.4C8H10O/c1-6-21-12-14-23(15-13-21)28-25(18-24(19(2)3)20(4)5)27-17-16-26-22-10-8-7-9-11-22;1-6-21-12-14-23(15-13-21)27-25(18-24(19(2)3)20(4)5)26-17-16-22-10-8-7-9-11-22;1-4-18-10-12-20(13-11-18)23-21(16-17(2)3)22-15-14-19-8-6-5-7-9-19;1-4-16-10-12-18(13-11-16)21-19(14-15(2)3)20-17-8-6-5-7-9-17;4*1-2-7-3-5-8(9)6-4-7/h12-15,19-20,22,24-25H,6-11,16-18H2,1-5H3;12-15,19-20,22,24-25H,6-11,16-18H2,1-5H3;10-13,17,19,21H,4-9,14-16H2,1-3H3;10-13,15,17,19H,4-9,14H2,1-3H3;4*3-6,9H,2H2,1H3. The Labute approximate surface area is 822 Å². The van der Waals surface area contributed by atoms with Crippen molar-refractivity contribution in [3.05, 3.63) is 239 Å². The Hall–Kier alpha value is -8.04. The molecule has 13 nitrogen and oxygen atoms in total. The quantitative estimate of drug-likeness (QED) is 0.0211. The molecule has 12 rings (SSSR count). The van der Waals surface area contributed by atoms with Gasteiger partial charge in [-0.25, -0.2) is 0 Å². The molecule has 13 heteroatoms. The molecule has 4 aliphatic carbocycles. The number of benzene rings is 8. The zero-order valence-electron chi connectivity index (χ0n) is 88.0. The topological polar surface area (TPSA) is 164 Å². The third kappa shape index (κ3) is 53.1. The van der Waals surface area contributed by atoms with E-state index in [-0.39, 0.29) is 25.2 Å². The SMILES string of the molecule is CCc1ccc(O)cc1.CCc1ccc(O)cc1.CCc1ccc(O)cc1.CCc1ccc(O)cc1.CCc1ccc(OC(CC(C(C)C)C(C)C)OCCC2CCCCC2)cc1.CCc1ccc(OC(CC(C(C)C)C(C)C)OCCOC2CCCCC2)cc1.CCc1ccc(OC(CC(C)C)OC2CCCCC2)cc1.CCc1ccc(OC(CC(C)C)OCCC2CCCCC2)cc1. The Bertz CT molecular complexity index is 3900. The molecule has 0 saturated heterocycles. The van der Waals surface area contributed by atoms with Gasteiger partial charge in [-0.2, -0.15) is 0 Å². The molecule has 0 heterocycles. The molecule has 0 spiro atoms. The van der Waals surface area contributed by atoms with E-state index in [1.165, 1.54) is 186 Å². The van der Waals surface area contributed by atoms with Crippen LogP contribution in [0, 0.1) is 59.2 Å². The van der Waals surface area contributed by atoms with E-state index in [1.54, 1.807) is 48.5 Å². The highest BCUT2D eigenvalue weighted by atomic mass is 16.7. The highest BCUT2D eigenvalue weighted by Gasteiger charge is 2.28. The van der Waals surface area contributed by atoms with Crippen molar-refractivity contribution < 1.29 is 63.1 Å². The van der Waals surface area contributed by atoms with Gasteiger partial charge in [-0.15, -0.1) is 0 Å². The largest absolute Gasteiger partial charge is 0.508 e. The molecule has 4 fully saturated rings. The second kappa shape index (κ2) is 70.6. The second-order valence-corrected chi connectivity index (χ2v) is 40.0. The summed E-state index contributed by atoms with van der Waals surface area (Å²) < 4.78 is 55.6. The van der Waals surface area contributed by atoms with E-state index in [0.717, 1.165) is 125 Å². The van der Waals surface area contributed by atoms with E-state index in [9.17, 15) is 0 Å². The molecule has 4 N–H and O–H groups in total. The summed E-state index contributed by atoms with van der Waals surface area (Å²) >= 11 is 0. The molecular weight excluding hydrogens is 1670 g/mol. The van der Waals surface area contributed by atoms with Gasteiger partial charge in [0.15, 0.2) is 25.2 Å². The molecule has 4 aliphatic rings. The molecule has 8 aromatic rings. The Kier molecular flexibility index (Phi) is 61.4. The number of hydrogen-bond acceptors (Lipinski definition) is 13. The average molecular weight is 1860 g/mol. The van der Waals surface area contributed by atoms with E-state index < -0.39 is 0 Å². The lowest BCUT2D eigenvalue weighted by Gasteiger charge is -2.30. The lowest BCUT2D eigenvalue weighted by molar-refractivity contribution is -0.136. The van der Waals surface area contributed by atoms with Crippen molar-refractivity contribution >= 4 is 0 Å². The predicted octanol–water partition coefficient (Wildman–Crippen LogP) is 33.1. The van der Waals surface area contributed by atoms with Gasteiger partial charge < -0.3 is 63.1 Å². The maximum atomic E-state index is 8.85. The predicted molar refractivity (Wildman–Crippen MR) is 566 cm³/mol. The van der Waals surface area contributed by atoms with Crippen LogP contribution in [0.4, 0.5) is 0 Å². The van der Waals surface area contributed by atoms with Gasteiger partial charge in [-0.05, 0) is 291 Å². The van der Waals surface area contributed by atoms with E-state index in [2.05, 4.69) is 236 Å². The summed E-state index contributed by atoms with van der Waals surface area (Å²) in [5, 5.41) is 35.4. The third-order valence-corrected chi connectivity index (χ3v) is 26.8. The number of phenolic OH excluding ortho intramolecular Hbond substituents is 4. The van der Waals surface area contributed by atoms with Crippen molar-refractivity contribution in [1.82, 2.24) is 0 Å². The number of phenols is 4. The van der Waals surface area contributed by atoms with Gasteiger partial charge in [0.2, 0.25) is 0 Å². The highest BCUT2D eigenvalue weighted by molar-refractivity contribution is 5.32. The normalized spacial score (nSPS) is 15.2. The van der Waals surface area contributed by atoms with Crippen LogP contribution in [0.3, 0.4) is 0 Å². The van der Waals surface area contributed by atoms with E-state index in [4.69, 9.17) is 63.1 Å². The first-order chi connectivity index (χ1) is 65.1. The minimum atomic E-state index is -0.225. The monoisotopic (exact) mass is 1860 g/mol. The third-order valence-electron chi connectivity index (χ3n) is 26.8. The van der Waals surface area contributed by atoms with Crippen LogP contribution < -0.4 is 18.9 Å². The molecule has 754 valence electrons. The molecule has 0 radical (unpaired) electrons. The molecule has 0 bridgehead atoms. The van der Waals surface area contributed by atoms with E-state index in [1.807, 2.05) is 48.5 Å². The zero-order chi connectivity index (χ0) is 98.3. The van der Waals surface area contributed by atoms with Crippen LogP contribution in [0.5, 0.6) is 46.0 Å². The average Bonchev–Trinajstić information content (AvgIpc) is 0.857. The van der Waals surface area contributed by atoms with Gasteiger partial charge in [-0.3, -0.25) is 0 Å². The number of hydrogen-bond donors (Lipinski definition) is 4. The Morgan fingerprint density at radius 1 is 0.237 bits per heavy atom. The van der Waals surface area contributed by atoms with Crippen LogP contribution in [-0.2, 0) is 75.1 Å². The van der Waals surface area contributed by atoms with Gasteiger partial charge in [0.05, 0.1) is 38.6 Å². The van der Waals surface area contributed by atoms with Crippen LogP contribution >= 0.6 is 0 Å². The van der Waals surface area contributed by atoms with Gasteiger partial charge in [0, 0.05) is 25.7 Å². The number of rotatable bonds is 43. The Morgan fingerprint density at radius 2 is 0.452 bits per heavy atom. The summed E-state index contributed by atoms with van der Waals surface area (Å²) in [5.74, 6) is 11.6. The van der Waals surface area contributed by atoms with E-state index in [0.29, 0.717) is 95.8 Å². The Balaban J connectivity index is 0.000000283. The fraction of sp³-hybridized carbons (Fsp3) is 0.607. The molecule has 4 unspecified atom stereocenters. The summed E-state index contributed by atoms with van der Waals surface area (Å²) in [7, 11) is 0. The first kappa shape index (κ1) is 117. The molecular formula is C122H188O13. The van der Waals surface area contributed by atoms with Crippen molar-refractivity contribution in [2.45, 2.75) is 394 Å². The van der Waals surface area contributed by atoms with Crippen LogP contribution in [0.25, 0.3) is 0 Å². The summed E-state index contributed by atoms with van der Waals surface area (Å²) in [5.41, 5.74) is 10.4. The number of aromatic hydroxyl groups is 4. The zero-order valence-corrected chi connectivity index (χ0v) is 88.0. The molecule has 0 amide bonds. The van der Waals surface area contributed by atoms with Crippen molar-refractivity contribution in [3.63, 3.8) is 0 Å². The van der Waals surface area contributed by atoms with Gasteiger partial charge >= 0.3 is 0 Å². The minimum Gasteiger partial charge on any atom is -0.508 e. The molecule has 135 heavy (non-hydrogen) atoms. The highest BCUT2D eigenvalue weighted by Crippen LogP contribution is 2.35. The lowest BCUT2D eigenvalue weighted by atomic mass is 9.83. The summed E-state index contributed by atoms with van der Waals surface area (Å²) in [4.78, 5) is 0. The maximum Gasteiger partial charge on any atom is 0.200 e. The minimum absolute atomic E-state index is 0.111. The smallest absolute Gasteiger partial charge is 0.200 e. The molecule has 4 atom stereocenters. The maximum absolute atomic E-state index is 8.85. The van der Waals surface area contributed by atoms with Crippen LogP contribution in [-0.4, -0.2) is 84.2 Å². The van der Waals surface area contributed by atoms with Gasteiger partial charge in [0.1, 0.15) is 46.0 Å². The summed E-state index contributed by atoms with van der Waals surface area (Å²) in [6.07, 6.45) is 41.4. The fourth-order valence-corrected chi connectivity index (χ4v) is 17.9. The number of ether oxygens (including phenoxy) is 9. The van der Waals surface area contributed by atoms with Crippen LogP contribution in [0.15, 0.2) is 194 Å². The summed E-state index contributed by atoms with van der Waals surface area (Å²) in [6.45, 7) is 47.3. The number of aryl methyl sites for hydroxylation is 8. The summed E-state index contributed by atoms with van der Waals surface area (Å²) in [6, 6.07) is 62.8. The lowest BCUT2D eigenvalue weighted by Crippen LogP contribution is -2.30. The molecule has 0 aliphatic heterocycles. The van der Waals surface area contributed by atoms with Crippen molar-refractivity contribution in [3.8, 4) is 46.0 Å². The van der Waals surface area contributed by atoms with Gasteiger partial charge in [-0.1, -0.05) is 338 Å².